The van der Waals surface area contributed by atoms with E-state index in [-0.39, 0.29) is 17.5 Å². The van der Waals surface area contributed by atoms with Crippen molar-refractivity contribution >= 4 is 5.78 Å². The highest BCUT2D eigenvalue weighted by molar-refractivity contribution is 5.97. The van der Waals surface area contributed by atoms with Gasteiger partial charge < -0.3 is 4.90 Å². The number of likely N-dealkylation sites (tertiary alicyclic amines) is 1. The lowest BCUT2D eigenvalue weighted by atomic mass is 9.96. The molecule has 0 spiro atoms. The molecule has 104 valence electrons. The van der Waals surface area contributed by atoms with Crippen LogP contribution >= 0.6 is 0 Å². The molecule has 1 aromatic carbocycles. The van der Waals surface area contributed by atoms with Crippen LogP contribution in [0.25, 0.3) is 0 Å². The van der Waals surface area contributed by atoms with Gasteiger partial charge in [0.2, 0.25) is 0 Å². The summed E-state index contributed by atoms with van der Waals surface area (Å²) in [6.07, 6.45) is 3.77. The van der Waals surface area contributed by atoms with E-state index in [0.29, 0.717) is 11.1 Å². The zero-order chi connectivity index (χ0) is 13.8. The van der Waals surface area contributed by atoms with Gasteiger partial charge in [-0.05, 0) is 56.6 Å². The third kappa shape index (κ3) is 3.63. The number of piperidine rings is 1. The first-order chi connectivity index (χ1) is 9.08. The average Bonchev–Trinajstić information content (AvgIpc) is 2.42. The number of halogens is 1. The summed E-state index contributed by atoms with van der Waals surface area (Å²) in [5.41, 5.74) is 1.17. The van der Waals surface area contributed by atoms with E-state index in [1.165, 1.54) is 25.3 Å². The highest BCUT2D eigenvalue weighted by Crippen LogP contribution is 2.16. The minimum absolute atomic E-state index is 0.0250. The van der Waals surface area contributed by atoms with Gasteiger partial charge in [0.05, 0.1) is 0 Å². The Kier molecular flexibility index (Phi) is 4.70. The Balaban J connectivity index is 1.99. The molecule has 0 bridgehead atoms. The van der Waals surface area contributed by atoms with Crippen LogP contribution in [0, 0.1) is 18.7 Å². The smallest absolute Gasteiger partial charge is 0.166 e. The van der Waals surface area contributed by atoms with Crippen molar-refractivity contribution in [3.63, 3.8) is 0 Å². The maximum absolute atomic E-state index is 13.2. The number of hydrogen-bond acceptors (Lipinski definition) is 2. The van der Waals surface area contributed by atoms with E-state index < -0.39 is 0 Å². The number of benzene rings is 1. The largest absolute Gasteiger partial charge is 0.303 e. The molecule has 1 aliphatic rings. The first kappa shape index (κ1) is 14.2. The molecule has 2 nitrogen and oxygen atoms in total. The van der Waals surface area contributed by atoms with Gasteiger partial charge in [0.15, 0.2) is 5.78 Å². The molecule has 1 aromatic rings. The van der Waals surface area contributed by atoms with Crippen LogP contribution in [0.3, 0.4) is 0 Å². The number of nitrogens with zero attached hydrogens (tertiary/aromatic N) is 1. The minimum atomic E-state index is -0.250. The quantitative estimate of drug-likeness (QED) is 0.776. The lowest BCUT2D eigenvalue weighted by Crippen LogP contribution is -2.35. The third-order valence-electron chi connectivity index (χ3n) is 3.87. The van der Waals surface area contributed by atoms with Crippen LogP contribution in [-0.2, 0) is 0 Å². The Morgan fingerprint density at radius 2 is 2.00 bits per heavy atom. The molecule has 1 saturated heterocycles. The molecule has 0 amide bonds. The highest BCUT2D eigenvalue weighted by atomic mass is 19.1. The fourth-order valence-corrected chi connectivity index (χ4v) is 2.69. The molecule has 1 aliphatic heterocycles. The van der Waals surface area contributed by atoms with Crippen molar-refractivity contribution in [3.05, 3.63) is 35.1 Å². The standard InChI is InChI=1S/C16H22FNO/c1-12-10-14(6-7-15(12)17)16(19)13(2)11-18-8-4-3-5-9-18/h6-7,10,13H,3-5,8-9,11H2,1-2H3. The Bertz CT molecular complexity index is 452. The molecule has 0 aliphatic carbocycles. The normalized spacial score (nSPS) is 18.3. The average molecular weight is 263 g/mol. The molecule has 1 unspecified atom stereocenters. The van der Waals surface area contributed by atoms with Crippen LogP contribution in [0.15, 0.2) is 18.2 Å². The van der Waals surface area contributed by atoms with Crippen LogP contribution in [-0.4, -0.2) is 30.3 Å². The first-order valence-corrected chi connectivity index (χ1v) is 7.10. The first-order valence-electron chi connectivity index (χ1n) is 7.10. The summed E-state index contributed by atoms with van der Waals surface area (Å²) in [4.78, 5) is 14.7. The minimum Gasteiger partial charge on any atom is -0.303 e. The predicted molar refractivity (Wildman–Crippen MR) is 74.9 cm³/mol. The Morgan fingerprint density at radius 1 is 1.32 bits per heavy atom. The van der Waals surface area contributed by atoms with Crippen molar-refractivity contribution in [2.24, 2.45) is 5.92 Å². The van der Waals surface area contributed by atoms with E-state index in [0.717, 1.165) is 19.6 Å². The second kappa shape index (κ2) is 6.29. The summed E-state index contributed by atoms with van der Waals surface area (Å²) in [6, 6.07) is 4.64. The summed E-state index contributed by atoms with van der Waals surface area (Å²) in [7, 11) is 0. The number of rotatable bonds is 4. The van der Waals surface area contributed by atoms with Gasteiger partial charge >= 0.3 is 0 Å². The summed E-state index contributed by atoms with van der Waals surface area (Å²) < 4.78 is 13.2. The van der Waals surface area contributed by atoms with Gasteiger partial charge in [-0.2, -0.15) is 0 Å². The number of carbonyl (C=O) groups excluding carboxylic acids is 1. The molecule has 0 aromatic heterocycles. The van der Waals surface area contributed by atoms with Gasteiger partial charge in [0.25, 0.3) is 0 Å². The van der Waals surface area contributed by atoms with Crippen molar-refractivity contribution in [2.75, 3.05) is 19.6 Å². The number of hydrogen-bond donors (Lipinski definition) is 0. The lowest BCUT2D eigenvalue weighted by Gasteiger charge is -2.28. The van der Waals surface area contributed by atoms with Crippen LogP contribution < -0.4 is 0 Å². The second-order valence-electron chi connectivity index (χ2n) is 5.59. The van der Waals surface area contributed by atoms with Crippen LogP contribution in [0.2, 0.25) is 0 Å². The Hall–Kier alpha value is -1.22. The van der Waals surface area contributed by atoms with E-state index in [4.69, 9.17) is 0 Å². The van der Waals surface area contributed by atoms with E-state index in [1.54, 1.807) is 19.1 Å². The zero-order valence-corrected chi connectivity index (χ0v) is 11.8. The maximum Gasteiger partial charge on any atom is 0.166 e. The highest BCUT2D eigenvalue weighted by Gasteiger charge is 2.20. The Morgan fingerprint density at radius 3 is 2.63 bits per heavy atom. The molecular weight excluding hydrogens is 241 g/mol. The third-order valence-corrected chi connectivity index (χ3v) is 3.87. The van der Waals surface area contributed by atoms with Crippen molar-refractivity contribution in [1.29, 1.82) is 0 Å². The van der Waals surface area contributed by atoms with Crippen molar-refractivity contribution in [2.45, 2.75) is 33.1 Å². The maximum atomic E-state index is 13.2. The number of Topliss-reactive ketones (excluding diaryl/α,β-unsaturated/α-hetero) is 1. The summed E-state index contributed by atoms with van der Waals surface area (Å²) in [6.45, 7) is 6.67. The van der Waals surface area contributed by atoms with E-state index >= 15 is 0 Å². The number of carbonyl (C=O) groups is 1. The fourth-order valence-electron chi connectivity index (χ4n) is 2.69. The molecular formula is C16H22FNO. The molecule has 1 heterocycles. The zero-order valence-electron chi connectivity index (χ0n) is 11.8. The van der Waals surface area contributed by atoms with Crippen molar-refractivity contribution in [3.8, 4) is 0 Å². The monoisotopic (exact) mass is 263 g/mol. The molecule has 0 saturated carbocycles. The number of ketones is 1. The summed E-state index contributed by atoms with van der Waals surface area (Å²) in [5.74, 6) is -0.156. The van der Waals surface area contributed by atoms with Crippen LogP contribution in [0.4, 0.5) is 4.39 Å². The summed E-state index contributed by atoms with van der Waals surface area (Å²) >= 11 is 0. The van der Waals surface area contributed by atoms with Gasteiger partial charge in [-0.1, -0.05) is 13.3 Å². The van der Waals surface area contributed by atoms with Gasteiger partial charge in [0.1, 0.15) is 5.82 Å². The van der Waals surface area contributed by atoms with E-state index in [1.807, 2.05) is 6.92 Å². The van der Waals surface area contributed by atoms with Crippen molar-refractivity contribution < 1.29 is 9.18 Å². The molecule has 0 radical (unpaired) electrons. The molecule has 1 atom stereocenters. The fraction of sp³-hybridized carbons (Fsp3) is 0.562. The van der Waals surface area contributed by atoms with Gasteiger partial charge in [-0.15, -0.1) is 0 Å². The molecule has 2 rings (SSSR count). The van der Waals surface area contributed by atoms with Crippen LogP contribution in [0.5, 0.6) is 0 Å². The lowest BCUT2D eigenvalue weighted by molar-refractivity contribution is 0.0883. The van der Waals surface area contributed by atoms with Crippen LogP contribution in [0.1, 0.15) is 42.1 Å². The second-order valence-corrected chi connectivity index (χ2v) is 5.59. The topological polar surface area (TPSA) is 20.3 Å². The van der Waals surface area contributed by atoms with Gasteiger partial charge in [-0.3, -0.25) is 4.79 Å². The Labute approximate surface area is 114 Å². The van der Waals surface area contributed by atoms with E-state index in [2.05, 4.69) is 4.90 Å². The predicted octanol–water partition coefficient (Wildman–Crippen LogP) is 3.44. The van der Waals surface area contributed by atoms with Gasteiger partial charge in [0, 0.05) is 18.0 Å². The molecule has 0 N–H and O–H groups in total. The molecule has 19 heavy (non-hydrogen) atoms. The van der Waals surface area contributed by atoms with Crippen molar-refractivity contribution in [1.82, 2.24) is 4.90 Å². The SMILES string of the molecule is Cc1cc(C(=O)C(C)CN2CCCCC2)ccc1F. The van der Waals surface area contributed by atoms with Gasteiger partial charge in [-0.25, -0.2) is 4.39 Å². The number of aryl methyl sites for hydroxylation is 1. The summed E-state index contributed by atoms with van der Waals surface area (Å²) in [5, 5.41) is 0. The molecule has 1 fully saturated rings. The molecule has 3 heteroatoms. The van der Waals surface area contributed by atoms with E-state index in [9.17, 15) is 9.18 Å².